The quantitative estimate of drug-likeness (QED) is 0.611. The highest BCUT2D eigenvalue weighted by Gasteiger charge is 2.32. The van der Waals surface area contributed by atoms with E-state index in [-0.39, 0.29) is 23.8 Å². The molecule has 0 saturated carbocycles. The molecule has 1 N–H and O–H groups in total. The molecule has 2 saturated heterocycles. The van der Waals surface area contributed by atoms with Gasteiger partial charge in [-0.15, -0.1) is 0 Å². The minimum atomic E-state index is -0.268. The molecule has 0 bridgehead atoms. The SMILES string of the molecule is Cc1ccc(C(=O)NCCSCc2ccco2)c(C2CCN(C(=O)[C@@H]3CCCO3)CC2)n1. The number of thioether (sulfide) groups is 1. The van der Waals surface area contributed by atoms with Crippen LogP contribution in [0.1, 0.15) is 59.1 Å². The van der Waals surface area contributed by atoms with Crippen molar-refractivity contribution in [1.29, 1.82) is 0 Å². The Morgan fingerprint density at radius 3 is 2.78 bits per heavy atom. The van der Waals surface area contributed by atoms with Gasteiger partial charge in [-0.25, -0.2) is 0 Å². The fourth-order valence-electron chi connectivity index (χ4n) is 4.33. The van der Waals surface area contributed by atoms with E-state index in [2.05, 4.69) is 5.32 Å². The summed E-state index contributed by atoms with van der Waals surface area (Å²) in [7, 11) is 0. The van der Waals surface area contributed by atoms with Gasteiger partial charge in [0.25, 0.3) is 11.8 Å². The molecule has 7 nitrogen and oxygen atoms in total. The normalized spacial score (nSPS) is 19.3. The number of likely N-dealkylation sites (tertiary alicyclic amines) is 1. The zero-order valence-electron chi connectivity index (χ0n) is 18.5. The van der Waals surface area contributed by atoms with Crippen molar-refractivity contribution in [3.8, 4) is 0 Å². The summed E-state index contributed by atoms with van der Waals surface area (Å²) >= 11 is 1.72. The van der Waals surface area contributed by atoms with Crippen molar-refractivity contribution in [2.24, 2.45) is 0 Å². The number of nitrogens with zero attached hydrogens (tertiary/aromatic N) is 2. The molecule has 8 heteroatoms. The number of nitrogens with one attached hydrogen (secondary N) is 1. The molecule has 2 amide bonds. The van der Waals surface area contributed by atoms with Crippen LogP contribution in [0.5, 0.6) is 0 Å². The van der Waals surface area contributed by atoms with Gasteiger partial charge in [0.1, 0.15) is 11.9 Å². The Hall–Kier alpha value is -2.32. The molecule has 0 aliphatic carbocycles. The van der Waals surface area contributed by atoms with Crippen molar-refractivity contribution < 1.29 is 18.7 Å². The lowest BCUT2D eigenvalue weighted by Gasteiger charge is -2.33. The number of rotatable bonds is 8. The van der Waals surface area contributed by atoms with Crippen LogP contribution in [0, 0.1) is 6.92 Å². The fourth-order valence-corrected chi connectivity index (χ4v) is 5.08. The van der Waals surface area contributed by atoms with E-state index in [1.807, 2.05) is 36.1 Å². The van der Waals surface area contributed by atoms with E-state index in [9.17, 15) is 9.59 Å². The second-order valence-corrected chi connectivity index (χ2v) is 9.48. The van der Waals surface area contributed by atoms with Crippen molar-refractivity contribution in [2.75, 3.05) is 32.0 Å². The van der Waals surface area contributed by atoms with Crippen LogP contribution < -0.4 is 5.32 Å². The highest BCUT2D eigenvalue weighted by atomic mass is 32.2. The number of piperidine rings is 1. The molecular formula is C24H31N3O4S. The van der Waals surface area contributed by atoms with Crippen molar-refractivity contribution in [3.05, 3.63) is 53.2 Å². The highest BCUT2D eigenvalue weighted by molar-refractivity contribution is 7.98. The predicted molar refractivity (Wildman–Crippen MR) is 124 cm³/mol. The van der Waals surface area contributed by atoms with Gasteiger partial charge in [0, 0.05) is 43.6 Å². The molecule has 0 aromatic carbocycles. The van der Waals surface area contributed by atoms with Gasteiger partial charge in [0.05, 0.1) is 23.3 Å². The first-order valence-electron chi connectivity index (χ1n) is 11.4. The second kappa shape index (κ2) is 11.0. The second-order valence-electron chi connectivity index (χ2n) is 8.37. The van der Waals surface area contributed by atoms with Gasteiger partial charge < -0.3 is 19.4 Å². The van der Waals surface area contributed by atoms with E-state index in [4.69, 9.17) is 14.1 Å². The third-order valence-corrected chi connectivity index (χ3v) is 7.04. The molecule has 4 heterocycles. The summed E-state index contributed by atoms with van der Waals surface area (Å²) in [5.74, 6) is 2.76. The van der Waals surface area contributed by atoms with Crippen LogP contribution >= 0.6 is 11.8 Å². The van der Waals surface area contributed by atoms with Gasteiger partial charge in [0.2, 0.25) is 0 Å². The largest absolute Gasteiger partial charge is 0.468 e. The first kappa shape index (κ1) is 22.9. The maximum atomic E-state index is 12.9. The molecule has 4 rings (SSSR count). The highest BCUT2D eigenvalue weighted by Crippen LogP contribution is 2.30. The Morgan fingerprint density at radius 2 is 2.06 bits per heavy atom. The number of carbonyl (C=O) groups excluding carboxylic acids is 2. The van der Waals surface area contributed by atoms with Crippen LogP contribution in [0.3, 0.4) is 0 Å². The molecule has 2 aliphatic rings. The Morgan fingerprint density at radius 1 is 1.22 bits per heavy atom. The first-order valence-corrected chi connectivity index (χ1v) is 12.5. The number of amides is 2. The van der Waals surface area contributed by atoms with Crippen LogP contribution in [-0.4, -0.2) is 59.8 Å². The number of aromatic nitrogens is 1. The summed E-state index contributed by atoms with van der Waals surface area (Å²) in [5, 5.41) is 3.03. The van der Waals surface area contributed by atoms with Crippen molar-refractivity contribution >= 4 is 23.6 Å². The van der Waals surface area contributed by atoms with Gasteiger partial charge in [-0.05, 0) is 56.9 Å². The van der Waals surface area contributed by atoms with E-state index in [0.29, 0.717) is 31.8 Å². The molecule has 1 atom stereocenters. The summed E-state index contributed by atoms with van der Waals surface area (Å²) < 4.78 is 10.9. The smallest absolute Gasteiger partial charge is 0.253 e. The Labute approximate surface area is 193 Å². The summed E-state index contributed by atoms with van der Waals surface area (Å²) in [5.41, 5.74) is 2.41. The standard InChI is InChI=1S/C24H31N3O4S/c1-17-6-7-20(23(28)25-10-15-32-16-19-4-2-13-30-19)22(26-17)18-8-11-27(12-9-18)24(29)21-5-3-14-31-21/h2,4,6-7,13,18,21H,3,5,8-12,14-16H2,1H3,(H,25,28)/t21-/m0/s1. The monoisotopic (exact) mass is 457 g/mol. The van der Waals surface area contributed by atoms with Gasteiger partial charge in [0.15, 0.2) is 0 Å². The molecule has 32 heavy (non-hydrogen) atoms. The molecular weight excluding hydrogens is 426 g/mol. The Kier molecular flexibility index (Phi) is 7.86. The Bertz CT molecular complexity index is 904. The van der Waals surface area contributed by atoms with E-state index in [1.54, 1.807) is 18.0 Å². The third kappa shape index (κ3) is 5.72. The maximum Gasteiger partial charge on any atom is 0.253 e. The Balaban J connectivity index is 1.30. The van der Waals surface area contributed by atoms with Crippen LogP contribution in [-0.2, 0) is 15.3 Å². The third-order valence-electron chi connectivity index (χ3n) is 6.06. The summed E-state index contributed by atoms with van der Waals surface area (Å²) in [4.78, 5) is 32.2. The lowest BCUT2D eigenvalue weighted by atomic mass is 9.89. The van der Waals surface area contributed by atoms with Crippen molar-refractivity contribution in [3.63, 3.8) is 0 Å². The average molecular weight is 458 g/mol. The van der Waals surface area contributed by atoms with Crippen LogP contribution in [0.4, 0.5) is 0 Å². The minimum absolute atomic E-state index is 0.0797. The molecule has 0 unspecified atom stereocenters. The topological polar surface area (TPSA) is 84.7 Å². The van der Waals surface area contributed by atoms with Gasteiger partial charge >= 0.3 is 0 Å². The molecule has 2 aromatic heterocycles. The minimum Gasteiger partial charge on any atom is -0.468 e. The van der Waals surface area contributed by atoms with Crippen molar-refractivity contribution in [1.82, 2.24) is 15.2 Å². The van der Waals surface area contributed by atoms with E-state index in [1.165, 1.54) is 0 Å². The maximum absolute atomic E-state index is 12.9. The van der Waals surface area contributed by atoms with Gasteiger partial charge in [-0.3, -0.25) is 14.6 Å². The molecule has 2 aromatic rings. The molecule has 2 aliphatic heterocycles. The van der Waals surface area contributed by atoms with Crippen LogP contribution in [0.2, 0.25) is 0 Å². The molecule has 172 valence electrons. The number of furan rings is 1. The summed E-state index contributed by atoms with van der Waals surface area (Å²) in [6.45, 7) is 4.59. The lowest BCUT2D eigenvalue weighted by Crippen LogP contribution is -2.43. The van der Waals surface area contributed by atoms with E-state index < -0.39 is 0 Å². The molecule has 0 radical (unpaired) electrons. The molecule has 0 spiro atoms. The van der Waals surface area contributed by atoms with Gasteiger partial charge in [-0.1, -0.05) is 0 Å². The van der Waals surface area contributed by atoms with E-state index in [0.717, 1.165) is 54.3 Å². The number of aryl methyl sites for hydroxylation is 1. The van der Waals surface area contributed by atoms with Crippen molar-refractivity contribution in [2.45, 2.75) is 50.4 Å². The van der Waals surface area contributed by atoms with Crippen LogP contribution in [0.15, 0.2) is 34.9 Å². The number of hydrogen-bond donors (Lipinski definition) is 1. The number of carbonyl (C=O) groups is 2. The summed E-state index contributed by atoms with van der Waals surface area (Å²) in [6.07, 6.45) is 4.81. The lowest BCUT2D eigenvalue weighted by molar-refractivity contribution is -0.142. The summed E-state index contributed by atoms with van der Waals surface area (Å²) in [6, 6.07) is 7.61. The number of ether oxygens (including phenoxy) is 1. The number of hydrogen-bond acceptors (Lipinski definition) is 6. The fraction of sp³-hybridized carbons (Fsp3) is 0.542. The number of pyridine rings is 1. The average Bonchev–Trinajstić information content (AvgIpc) is 3.53. The van der Waals surface area contributed by atoms with Crippen LogP contribution in [0.25, 0.3) is 0 Å². The predicted octanol–water partition coefficient (Wildman–Crippen LogP) is 3.53. The van der Waals surface area contributed by atoms with Gasteiger partial charge in [-0.2, -0.15) is 11.8 Å². The molecule has 2 fully saturated rings. The zero-order valence-corrected chi connectivity index (χ0v) is 19.4. The van der Waals surface area contributed by atoms with E-state index >= 15 is 0 Å². The zero-order chi connectivity index (χ0) is 22.3. The first-order chi connectivity index (χ1) is 15.6.